The Balaban J connectivity index is 1.60. The molecule has 0 aliphatic carbocycles. The number of nitrogens with zero attached hydrogens (tertiary/aromatic N) is 2. The summed E-state index contributed by atoms with van der Waals surface area (Å²) in [5, 5.41) is 11.3. The van der Waals surface area contributed by atoms with E-state index in [0.29, 0.717) is 28.4 Å². The molecule has 0 spiro atoms. The summed E-state index contributed by atoms with van der Waals surface area (Å²) in [6.45, 7) is 0.145. The lowest BCUT2D eigenvalue weighted by Gasteiger charge is -2.25. The summed E-state index contributed by atoms with van der Waals surface area (Å²) in [5.41, 5.74) is 1.81. The molecule has 5 rings (SSSR count). The molecular formula is C30H24N2O5. The van der Waals surface area contributed by atoms with Crippen LogP contribution in [-0.4, -0.2) is 33.8 Å². The molecule has 4 aromatic rings. The second-order valence-corrected chi connectivity index (χ2v) is 8.50. The fourth-order valence-electron chi connectivity index (χ4n) is 4.36. The third-order valence-corrected chi connectivity index (χ3v) is 6.13. The zero-order valence-corrected chi connectivity index (χ0v) is 20.1. The van der Waals surface area contributed by atoms with E-state index in [2.05, 4.69) is 4.98 Å². The zero-order chi connectivity index (χ0) is 25.8. The van der Waals surface area contributed by atoms with Crippen molar-refractivity contribution in [3.63, 3.8) is 0 Å². The number of aliphatic hydroxyl groups excluding tert-OH is 1. The van der Waals surface area contributed by atoms with Gasteiger partial charge in [0.2, 0.25) is 0 Å². The van der Waals surface area contributed by atoms with Crippen molar-refractivity contribution >= 4 is 17.4 Å². The highest BCUT2D eigenvalue weighted by Crippen LogP contribution is 2.41. The molecule has 37 heavy (non-hydrogen) atoms. The van der Waals surface area contributed by atoms with E-state index in [9.17, 15) is 14.7 Å². The van der Waals surface area contributed by atoms with Gasteiger partial charge >= 0.3 is 0 Å². The van der Waals surface area contributed by atoms with Gasteiger partial charge in [0.1, 0.15) is 23.0 Å². The number of hydrogen-bond acceptors (Lipinski definition) is 6. The van der Waals surface area contributed by atoms with Gasteiger partial charge < -0.3 is 19.5 Å². The van der Waals surface area contributed by atoms with Crippen molar-refractivity contribution in [2.75, 3.05) is 7.11 Å². The minimum Gasteiger partial charge on any atom is -0.507 e. The first-order chi connectivity index (χ1) is 18.0. The molecule has 1 saturated heterocycles. The minimum absolute atomic E-state index is 0.0101. The molecule has 0 radical (unpaired) electrons. The number of amides is 1. The summed E-state index contributed by atoms with van der Waals surface area (Å²) < 4.78 is 11.2. The number of para-hydroxylation sites is 1. The SMILES string of the molecule is COc1ccc(C(O)=C2C(=O)C(=O)N(Cc3cccnc3)C2c2cccc(Oc3ccccc3)c2)cc1. The van der Waals surface area contributed by atoms with E-state index < -0.39 is 17.7 Å². The number of pyridine rings is 1. The molecule has 0 saturated carbocycles. The van der Waals surface area contributed by atoms with Crippen LogP contribution in [0.5, 0.6) is 17.2 Å². The Labute approximate surface area is 214 Å². The van der Waals surface area contributed by atoms with Crippen molar-refractivity contribution in [1.82, 2.24) is 9.88 Å². The number of aliphatic hydroxyl groups is 1. The maximum absolute atomic E-state index is 13.3. The summed E-state index contributed by atoms with van der Waals surface area (Å²) in [4.78, 5) is 32.2. The van der Waals surface area contributed by atoms with Crippen LogP contribution in [-0.2, 0) is 16.1 Å². The van der Waals surface area contributed by atoms with Crippen molar-refractivity contribution in [2.45, 2.75) is 12.6 Å². The van der Waals surface area contributed by atoms with Crippen LogP contribution in [0.1, 0.15) is 22.7 Å². The van der Waals surface area contributed by atoms with Crippen molar-refractivity contribution in [2.24, 2.45) is 0 Å². The van der Waals surface area contributed by atoms with E-state index in [0.717, 1.165) is 5.56 Å². The van der Waals surface area contributed by atoms with Crippen LogP contribution < -0.4 is 9.47 Å². The molecule has 1 atom stereocenters. The molecule has 1 N–H and O–H groups in total. The molecular weight excluding hydrogens is 468 g/mol. The van der Waals surface area contributed by atoms with Gasteiger partial charge in [-0.15, -0.1) is 0 Å². The number of rotatable bonds is 7. The van der Waals surface area contributed by atoms with E-state index >= 15 is 0 Å². The average molecular weight is 493 g/mol. The van der Waals surface area contributed by atoms with Gasteiger partial charge in [-0.2, -0.15) is 0 Å². The Morgan fingerprint density at radius 1 is 0.892 bits per heavy atom. The van der Waals surface area contributed by atoms with E-state index in [1.807, 2.05) is 42.5 Å². The quantitative estimate of drug-likeness (QED) is 0.208. The predicted molar refractivity (Wildman–Crippen MR) is 138 cm³/mol. The fourth-order valence-corrected chi connectivity index (χ4v) is 4.36. The van der Waals surface area contributed by atoms with Gasteiger partial charge in [0.15, 0.2) is 0 Å². The van der Waals surface area contributed by atoms with Crippen LogP contribution in [0, 0.1) is 0 Å². The molecule has 1 amide bonds. The second kappa shape index (κ2) is 10.4. The Morgan fingerprint density at radius 2 is 1.65 bits per heavy atom. The number of Topliss-reactive ketones (excluding diaryl/α,β-unsaturated/α-hetero) is 1. The summed E-state index contributed by atoms with van der Waals surface area (Å²) in [5.74, 6) is 0.0993. The number of ether oxygens (including phenoxy) is 2. The minimum atomic E-state index is -0.832. The number of carbonyl (C=O) groups excluding carboxylic acids is 2. The standard InChI is InChI=1S/C30H24N2O5/c1-36-23-14-12-21(13-15-23)28(33)26-27(32(30(35)29(26)34)19-20-7-6-16-31-18-20)22-8-5-11-25(17-22)37-24-9-3-2-4-10-24/h2-18,27,33H,19H2,1H3. The number of aromatic nitrogens is 1. The highest BCUT2D eigenvalue weighted by atomic mass is 16.5. The Bertz CT molecular complexity index is 1450. The molecule has 3 aromatic carbocycles. The van der Waals surface area contributed by atoms with E-state index in [4.69, 9.17) is 9.47 Å². The summed E-state index contributed by atoms with van der Waals surface area (Å²) in [6.07, 6.45) is 3.29. The summed E-state index contributed by atoms with van der Waals surface area (Å²) in [6, 6.07) is 25.9. The first kappa shape index (κ1) is 23.8. The van der Waals surface area contributed by atoms with Gasteiger partial charge in [0.05, 0.1) is 18.7 Å². The molecule has 2 heterocycles. The average Bonchev–Trinajstić information content (AvgIpc) is 3.19. The third-order valence-electron chi connectivity index (χ3n) is 6.13. The Kier molecular flexibility index (Phi) is 6.68. The lowest BCUT2D eigenvalue weighted by atomic mass is 9.95. The number of likely N-dealkylation sites (tertiary alicyclic amines) is 1. The van der Waals surface area contributed by atoms with Crippen LogP contribution in [0.2, 0.25) is 0 Å². The van der Waals surface area contributed by atoms with E-state index in [1.165, 1.54) is 4.90 Å². The molecule has 1 unspecified atom stereocenters. The molecule has 1 aliphatic rings. The van der Waals surface area contributed by atoms with Crippen molar-refractivity contribution in [3.05, 3.63) is 126 Å². The Morgan fingerprint density at radius 3 is 2.35 bits per heavy atom. The molecule has 7 heteroatoms. The zero-order valence-electron chi connectivity index (χ0n) is 20.1. The van der Waals surface area contributed by atoms with Gasteiger partial charge in [0, 0.05) is 24.5 Å². The first-order valence-corrected chi connectivity index (χ1v) is 11.7. The molecule has 1 aliphatic heterocycles. The largest absolute Gasteiger partial charge is 0.507 e. The van der Waals surface area contributed by atoms with Crippen molar-refractivity contribution < 1.29 is 24.2 Å². The van der Waals surface area contributed by atoms with Crippen LogP contribution in [0.4, 0.5) is 0 Å². The summed E-state index contributed by atoms with van der Waals surface area (Å²) >= 11 is 0. The maximum atomic E-state index is 13.3. The van der Waals surface area contributed by atoms with E-state index in [-0.39, 0.29) is 17.9 Å². The predicted octanol–water partition coefficient (Wildman–Crippen LogP) is 5.50. The number of methoxy groups -OCH3 is 1. The molecule has 7 nitrogen and oxygen atoms in total. The van der Waals surface area contributed by atoms with Gasteiger partial charge in [-0.1, -0.05) is 36.4 Å². The fraction of sp³-hybridized carbons (Fsp3) is 0.100. The van der Waals surface area contributed by atoms with Crippen LogP contribution in [0.25, 0.3) is 5.76 Å². The van der Waals surface area contributed by atoms with Crippen LogP contribution >= 0.6 is 0 Å². The van der Waals surface area contributed by atoms with Crippen LogP contribution in [0.3, 0.4) is 0 Å². The first-order valence-electron chi connectivity index (χ1n) is 11.7. The van der Waals surface area contributed by atoms with E-state index in [1.54, 1.807) is 68.0 Å². The Hall–Kier alpha value is -4.91. The molecule has 184 valence electrons. The highest BCUT2D eigenvalue weighted by molar-refractivity contribution is 6.46. The second-order valence-electron chi connectivity index (χ2n) is 8.50. The monoisotopic (exact) mass is 492 g/mol. The number of carbonyl (C=O) groups is 2. The van der Waals surface area contributed by atoms with Crippen molar-refractivity contribution in [1.29, 1.82) is 0 Å². The number of hydrogen-bond donors (Lipinski definition) is 1. The van der Waals surface area contributed by atoms with Gasteiger partial charge in [-0.3, -0.25) is 14.6 Å². The lowest BCUT2D eigenvalue weighted by molar-refractivity contribution is -0.140. The lowest BCUT2D eigenvalue weighted by Crippen LogP contribution is -2.29. The third kappa shape index (κ3) is 4.92. The normalized spacial score (nSPS) is 16.6. The maximum Gasteiger partial charge on any atom is 0.295 e. The number of ketones is 1. The van der Waals surface area contributed by atoms with Crippen molar-refractivity contribution in [3.8, 4) is 17.2 Å². The topological polar surface area (TPSA) is 89.0 Å². The summed E-state index contributed by atoms with van der Waals surface area (Å²) in [7, 11) is 1.54. The van der Waals surface area contributed by atoms with Gasteiger partial charge in [-0.05, 0) is 65.7 Å². The van der Waals surface area contributed by atoms with Gasteiger partial charge in [-0.25, -0.2) is 0 Å². The number of benzene rings is 3. The smallest absolute Gasteiger partial charge is 0.295 e. The highest BCUT2D eigenvalue weighted by Gasteiger charge is 2.46. The van der Waals surface area contributed by atoms with Crippen LogP contribution in [0.15, 0.2) is 109 Å². The van der Waals surface area contributed by atoms with Gasteiger partial charge in [0.25, 0.3) is 11.7 Å². The molecule has 1 fully saturated rings. The molecule has 1 aromatic heterocycles. The molecule has 0 bridgehead atoms.